The van der Waals surface area contributed by atoms with Crippen molar-refractivity contribution in [1.29, 1.82) is 0 Å². The predicted octanol–water partition coefficient (Wildman–Crippen LogP) is 2.70. The molecule has 0 aliphatic heterocycles. The van der Waals surface area contributed by atoms with Gasteiger partial charge in [-0.15, -0.1) is 0 Å². The number of hydrogen-bond acceptors (Lipinski definition) is 5. The molecule has 1 atom stereocenters. The van der Waals surface area contributed by atoms with Gasteiger partial charge in [0.05, 0.1) is 11.7 Å². The maximum atomic E-state index is 12.2. The Hall–Kier alpha value is -2.96. The fourth-order valence-corrected chi connectivity index (χ4v) is 2.40. The van der Waals surface area contributed by atoms with Crippen LogP contribution in [0.1, 0.15) is 48.1 Å². The standard InChI is InChI=1S/C17H19N5O2/c1-3-4-15-9-16(21-24-15)17(23)20-12(2)13-5-7-14(8-6-13)22-11-18-10-19-22/h5-12H,3-4H2,1-2H3,(H,20,23). The summed E-state index contributed by atoms with van der Waals surface area (Å²) in [5.41, 5.74) is 2.21. The number of carbonyl (C=O) groups is 1. The SMILES string of the molecule is CCCc1cc(C(=O)NC(C)c2ccc(-n3cncn3)cc2)no1. The Balaban J connectivity index is 1.65. The van der Waals surface area contributed by atoms with Crippen LogP contribution in [-0.2, 0) is 6.42 Å². The molecule has 0 spiro atoms. The molecule has 24 heavy (non-hydrogen) atoms. The van der Waals surface area contributed by atoms with Crippen molar-refractivity contribution in [2.45, 2.75) is 32.7 Å². The maximum absolute atomic E-state index is 12.2. The quantitative estimate of drug-likeness (QED) is 0.753. The predicted molar refractivity (Wildman–Crippen MR) is 87.7 cm³/mol. The Labute approximate surface area is 139 Å². The Morgan fingerprint density at radius 3 is 2.79 bits per heavy atom. The molecule has 1 amide bonds. The molecule has 3 aromatic rings. The highest BCUT2D eigenvalue weighted by molar-refractivity contribution is 5.92. The van der Waals surface area contributed by atoms with Crippen LogP contribution in [0.2, 0.25) is 0 Å². The minimum atomic E-state index is -0.242. The fraction of sp³-hybridized carbons (Fsp3) is 0.294. The smallest absolute Gasteiger partial charge is 0.273 e. The number of amides is 1. The third-order valence-electron chi connectivity index (χ3n) is 3.71. The first-order valence-electron chi connectivity index (χ1n) is 7.88. The molecule has 7 heteroatoms. The monoisotopic (exact) mass is 325 g/mol. The second-order valence-corrected chi connectivity index (χ2v) is 5.56. The van der Waals surface area contributed by atoms with Crippen LogP contribution in [0.4, 0.5) is 0 Å². The fourth-order valence-electron chi connectivity index (χ4n) is 2.40. The number of benzene rings is 1. The van der Waals surface area contributed by atoms with Gasteiger partial charge in [-0.25, -0.2) is 9.67 Å². The highest BCUT2D eigenvalue weighted by Crippen LogP contribution is 2.16. The molecule has 3 rings (SSSR count). The van der Waals surface area contributed by atoms with Gasteiger partial charge in [0.25, 0.3) is 5.91 Å². The number of carbonyl (C=O) groups excluding carboxylic acids is 1. The lowest BCUT2D eigenvalue weighted by molar-refractivity contribution is 0.0930. The van der Waals surface area contributed by atoms with Crippen LogP contribution in [0.15, 0.2) is 47.5 Å². The van der Waals surface area contributed by atoms with Gasteiger partial charge in [0.2, 0.25) is 0 Å². The Bertz CT molecular complexity index is 793. The van der Waals surface area contributed by atoms with Gasteiger partial charge in [-0.05, 0) is 31.0 Å². The average Bonchev–Trinajstić information content (AvgIpc) is 3.27. The van der Waals surface area contributed by atoms with E-state index < -0.39 is 0 Å². The Morgan fingerprint density at radius 2 is 2.12 bits per heavy atom. The molecule has 0 radical (unpaired) electrons. The summed E-state index contributed by atoms with van der Waals surface area (Å²) in [6.45, 7) is 3.97. The molecule has 0 saturated carbocycles. The van der Waals surface area contributed by atoms with Crippen molar-refractivity contribution in [3.63, 3.8) is 0 Å². The molecule has 0 aliphatic rings. The summed E-state index contributed by atoms with van der Waals surface area (Å²) in [6.07, 6.45) is 4.85. The van der Waals surface area contributed by atoms with E-state index in [1.165, 1.54) is 6.33 Å². The van der Waals surface area contributed by atoms with E-state index in [9.17, 15) is 4.79 Å². The molecule has 0 saturated heterocycles. The molecule has 0 aliphatic carbocycles. The van der Waals surface area contributed by atoms with Crippen molar-refractivity contribution in [3.8, 4) is 5.69 Å². The lowest BCUT2D eigenvalue weighted by Gasteiger charge is -2.13. The van der Waals surface area contributed by atoms with Crippen molar-refractivity contribution in [3.05, 3.63) is 60.0 Å². The van der Waals surface area contributed by atoms with Crippen molar-refractivity contribution in [1.82, 2.24) is 25.2 Å². The molecule has 2 heterocycles. The molecule has 0 bridgehead atoms. The summed E-state index contributed by atoms with van der Waals surface area (Å²) in [4.78, 5) is 16.2. The molecular formula is C17H19N5O2. The largest absolute Gasteiger partial charge is 0.361 e. The zero-order valence-electron chi connectivity index (χ0n) is 13.6. The Morgan fingerprint density at radius 1 is 1.33 bits per heavy atom. The second kappa shape index (κ2) is 7.08. The third kappa shape index (κ3) is 3.51. The topological polar surface area (TPSA) is 85.8 Å². The first-order valence-corrected chi connectivity index (χ1v) is 7.88. The van der Waals surface area contributed by atoms with E-state index in [-0.39, 0.29) is 11.9 Å². The lowest BCUT2D eigenvalue weighted by atomic mass is 10.1. The molecule has 1 unspecified atom stereocenters. The first kappa shape index (κ1) is 15.9. The van der Waals surface area contributed by atoms with E-state index in [4.69, 9.17) is 4.52 Å². The number of aryl methyl sites for hydroxylation is 1. The van der Waals surface area contributed by atoms with E-state index in [2.05, 4.69) is 20.6 Å². The van der Waals surface area contributed by atoms with Crippen molar-refractivity contribution < 1.29 is 9.32 Å². The van der Waals surface area contributed by atoms with Gasteiger partial charge in [-0.2, -0.15) is 5.10 Å². The van der Waals surface area contributed by atoms with Crippen molar-refractivity contribution >= 4 is 5.91 Å². The van der Waals surface area contributed by atoms with Crippen LogP contribution in [0.5, 0.6) is 0 Å². The van der Waals surface area contributed by atoms with E-state index in [1.807, 2.05) is 38.1 Å². The number of hydrogen-bond donors (Lipinski definition) is 1. The summed E-state index contributed by atoms with van der Waals surface area (Å²) in [6, 6.07) is 9.32. The summed E-state index contributed by atoms with van der Waals surface area (Å²) < 4.78 is 6.82. The van der Waals surface area contributed by atoms with Crippen LogP contribution >= 0.6 is 0 Å². The van der Waals surface area contributed by atoms with E-state index >= 15 is 0 Å². The average molecular weight is 325 g/mol. The van der Waals surface area contributed by atoms with Crippen LogP contribution < -0.4 is 5.32 Å². The van der Waals surface area contributed by atoms with Crippen LogP contribution in [0.3, 0.4) is 0 Å². The van der Waals surface area contributed by atoms with Gasteiger partial charge in [0, 0.05) is 12.5 Å². The first-order chi connectivity index (χ1) is 11.7. The van der Waals surface area contributed by atoms with Gasteiger partial charge in [0.15, 0.2) is 5.69 Å². The summed E-state index contributed by atoms with van der Waals surface area (Å²) in [5.74, 6) is 0.487. The summed E-state index contributed by atoms with van der Waals surface area (Å²) in [7, 11) is 0. The summed E-state index contributed by atoms with van der Waals surface area (Å²) >= 11 is 0. The molecular weight excluding hydrogens is 306 g/mol. The van der Waals surface area contributed by atoms with Crippen LogP contribution in [0.25, 0.3) is 5.69 Å². The summed E-state index contributed by atoms with van der Waals surface area (Å²) in [5, 5.41) is 10.8. The van der Waals surface area contributed by atoms with Crippen LogP contribution in [-0.4, -0.2) is 25.8 Å². The van der Waals surface area contributed by atoms with Crippen LogP contribution in [0, 0.1) is 0 Å². The molecule has 0 fully saturated rings. The number of rotatable bonds is 6. The molecule has 2 aromatic heterocycles. The van der Waals surface area contributed by atoms with E-state index in [0.29, 0.717) is 5.69 Å². The van der Waals surface area contributed by atoms with Gasteiger partial charge >= 0.3 is 0 Å². The highest BCUT2D eigenvalue weighted by atomic mass is 16.5. The molecule has 7 nitrogen and oxygen atoms in total. The minimum Gasteiger partial charge on any atom is -0.361 e. The van der Waals surface area contributed by atoms with Gasteiger partial charge in [-0.1, -0.05) is 24.2 Å². The van der Waals surface area contributed by atoms with Gasteiger partial charge < -0.3 is 9.84 Å². The number of aromatic nitrogens is 4. The van der Waals surface area contributed by atoms with E-state index in [1.54, 1.807) is 17.1 Å². The van der Waals surface area contributed by atoms with Gasteiger partial charge in [0.1, 0.15) is 18.4 Å². The molecule has 124 valence electrons. The minimum absolute atomic E-state index is 0.145. The third-order valence-corrected chi connectivity index (χ3v) is 3.71. The van der Waals surface area contributed by atoms with Gasteiger partial charge in [-0.3, -0.25) is 4.79 Å². The van der Waals surface area contributed by atoms with Crippen molar-refractivity contribution in [2.24, 2.45) is 0 Å². The number of nitrogens with one attached hydrogen (secondary N) is 1. The highest BCUT2D eigenvalue weighted by Gasteiger charge is 2.15. The van der Waals surface area contributed by atoms with E-state index in [0.717, 1.165) is 29.9 Å². The zero-order chi connectivity index (χ0) is 16.9. The zero-order valence-corrected chi connectivity index (χ0v) is 13.6. The Kier molecular flexibility index (Phi) is 4.69. The number of nitrogens with zero attached hydrogens (tertiary/aromatic N) is 4. The second-order valence-electron chi connectivity index (χ2n) is 5.56. The van der Waals surface area contributed by atoms with Crippen molar-refractivity contribution in [2.75, 3.05) is 0 Å². The maximum Gasteiger partial charge on any atom is 0.273 e. The lowest BCUT2D eigenvalue weighted by Crippen LogP contribution is -2.26. The molecule has 1 N–H and O–H groups in total. The molecule has 1 aromatic carbocycles. The normalized spacial score (nSPS) is 12.1.